The van der Waals surface area contributed by atoms with E-state index < -0.39 is 23.7 Å². The molecule has 0 aliphatic rings. The van der Waals surface area contributed by atoms with Gasteiger partial charge in [-0.1, -0.05) is 23.7 Å². The minimum absolute atomic E-state index is 0.0480. The Balaban J connectivity index is 1.72. The van der Waals surface area contributed by atoms with Crippen molar-refractivity contribution in [3.63, 3.8) is 0 Å². The molecule has 40 heavy (non-hydrogen) atoms. The number of hydrogen-bond acceptors (Lipinski definition) is 9. The summed E-state index contributed by atoms with van der Waals surface area (Å²) in [6, 6.07) is 8.12. The Kier molecular flexibility index (Phi) is 9.21. The van der Waals surface area contributed by atoms with Gasteiger partial charge in [0.2, 0.25) is 0 Å². The van der Waals surface area contributed by atoms with Gasteiger partial charge in [-0.05, 0) is 41.8 Å². The van der Waals surface area contributed by atoms with Crippen molar-refractivity contribution in [2.45, 2.75) is 12.8 Å². The topological polar surface area (TPSA) is 120 Å². The highest BCUT2D eigenvalue weighted by atomic mass is 35.5. The van der Waals surface area contributed by atoms with Crippen molar-refractivity contribution in [3.8, 4) is 17.0 Å². The fourth-order valence-electron chi connectivity index (χ4n) is 3.34. The van der Waals surface area contributed by atoms with Gasteiger partial charge < -0.3 is 20.5 Å². The number of nitrogens with one attached hydrogen (secondary N) is 2. The lowest BCUT2D eigenvalue weighted by Gasteiger charge is -2.15. The summed E-state index contributed by atoms with van der Waals surface area (Å²) in [6.45, 7) is -0.140. The van der Waals surface area contributed by atoms with Crippen molar-refractivity contribution in [2.24, 2.45) is 5.73 Å². The molecule has 4 aromatic rings. The second-order valence-corrected chi connectivity index (χ2v) is 9.52. The van der Waals surface area contributed by atoms with E-state index in [1.165, 1.54) is 48.9 Å². The van der Waals surface area contributed by atoms with Crippen LogP contribution in [0.4, 0.5) is 38.8 Å². The molecule has 17 heteroatoms. The normalized spacial score (nSPS) is 11.3. The number of alkyl halides is 3. The van der Waals surface area contributed by atoms with Crippen LogP contribution in [-0.4, -0.2) is 37.0 Å². The fourth-order valence-corrected chi connectivity index (χ4v) is 4.42. The van der Waals surface area contributed by atoms with Gasteiger partial charge in [0.15, 0.2) is 18.2 Å². The van der Waals surface area contributed by atoms with Crippen LogP contribution in [0, 0.1) is 5.82 Å². The molecule has 0 aliphatic carbocycles. The third kappa shape index (κ3) is 7.25. The lowest BCUT2D eigenvalue weighted by molar-refractivity contribution is -0.105. The number of carbonyl (C=O) groups is 1. The Morgan fingerprint density at radius 3 is 2.62 bits per heavy atom. The number of primary amides is 1. The fraction of sp³-hybridized carbons (Fsp3) is 0.130. The highest BCUT2D eigenvalue weighted by Gasteiger charge is 2.28. The van der Waals surface area contributed by atoms with Gasteiger partial charge in [-0.25, -0.2) is 9.37 Å². The highest BCUT2D eigenvalue weighted by Crippen LogP contribution is 2.38. The van der Waals surface area contributed by atoms with Gasteiger partial charge in [-0.15, -0.1) is 3.89 Å². The molecule has 0 saturated carbocycles. The number of ether oxygens (including phenoxy) is 1. The predicted octanol–water partition coefficient (Wildman–Crippen LogP) is 6.56. The lowest BCUT2D eigenvalue weighted by Crippen LogP contribution is -2.14. The Bertz CT molecular complexity index is 1510. The van der Waals surface area contributed by atoms with Crippen molar-refractivity contribution in [1.82, 2.24) is 19.2 Å². The Hall–Kier alpha value is -3.76. The molecule has 0 atom stereocenters. The molecule has 4 rings (SSSR count). The summed E-state index contributed by atoms with van der Waals surface area (Å²) in [5, 5.41) is 6.74. The van der Waals surface area contributed by atoms with E-state index >= 15 is 0 Å². The number of carbonyl (C=O) groups excluding carboxylic acids is 1. The first-order valence-corrected chi connectivity index (χ1v) is 13.0. The molecule has 0 saturated heterocycles. The van der Waals surface area contributed by atoms with Crippen LogP contribution in [0.2, 0.25) is 5.02 Å². The first kappa shape index (κ1) is 29.2. The second-order valence-electron chi connectivity index (χ2n) is 7.85. The number of amides is 1. The number of rotatable bonds is 11. The molecule has 0 unspecified atom stereocenters. The van der Waals surface area contributed by atoms with Crippen LogP contribution in [0.5, 0.6) is 5.75 Å². The van der Waals surface area contributed by atoms with Gasteiger partial charge in [0.1, 0.15) is 41.0 Å². The Morgan fingerprint density at radius 2 is 1.98 bits per heavy atom. The highest BCUT2D eigenvalue weighted by molar-refractivity contribution is 8.00. The number of nitrogens with zero attached hydrogens (tertiary/aromatic N) is 4. The average molecular weight is 618 g/mol. The maximum atomic E-state index is 13.8. The van der Waals surface area contributed by atoms with Crippen LogP contribution in [0.1, 0.15) is 15.9 Å². The Labute approximate surface area is 237 Å². The summed E-state index contributed by atoms with van der Waals surface area (Å²) < 4.78 is 74.6. The summed E-state index contributed by atoms with van der Waals surface area (Å²) in [7, 11) is 0. The van der Waals surface area contributed by atoms with E-state index in [1.807, 2.05) is 0 Å². The monoisotopic (exact) mass is 617 g/mol. The summed E-state index contributed by atoms with van der Waals surface area (Å²) in [5.74, 6) is -2.67. The van der Waals surface area contributed by atoms with E-state index in [0.29, 0.717) is 17.5 Å². The zero-order valence-corrected chi connectivity index (χ0v) is 22.3. The SMILES string of the molecule is NC(=O)c1c(-c2ccc(NSCC(F)(F)F)c(OCc3ccc(F)c(Cl)c3)c2)nn(SF)c1Nc1cnccn1. The second kappa shape index (κ2) is 12.6. The van der Waals surface area contributed by atoms with Gasteiger partial charge in [-0.3, -0.25) is 9.78 Å². The van der Waals surface area contributed by atoms with Crippen molar-refractivity contribution < 1.29 is 31.0 Å². The smallest absolute Gasteiger partial charge is 0.399 e. The number of benzene rings is 2. The summed E-state index contributed by atoms with van der Waals surface area (Å²) in [5.41, 5.74) is 6.22. The number of nitrogens with two attached hydrogens (primary N) is 1. The third-order valence-corrected chi connectivity index (χ3v) is 6.55. The summed E-state index contributed by atoms with van der Waals surface area (Å²) >= 11 is 5.89. The van der Waals surface area contributed by atoms with Gasteiger partial charge in [0.05, 0.1) is 16.9 Å². The van der Waals surface area contributed by atoms with E-state index in [2.05, 4.69) is 25.1 Å². The minimum atomic E-state index is -4.43. The summed E-state index contributed by atoms with van der Waals surface area (Å²) in [4.78, 5) is 20.4. The van der Waals surface area contributed by atoms with Crippen LogP contribution in [-0.2, 0) is 6.61 Å². The molecule has 1 amide bonds. The predicted molar refractivity (Wildman–Crippen MR) is 143 cm³/mol. The van der Waals surface area contributed by atoms with E-state index in [9.17, 15) is 26.2 Å². The molecule has 0 radical (unpaired) electrons. The van der Waals surface area contributed by atoms with E-state index in [1.54, 1.807) is 0 Å². The van der Waals surface area contributed by atoms with Gasteiger partial charge in [0, 0.05) is 18.0 Å². The van der Waals surface area contributed by atoms with E-state index in [-0.39, 0.29) is 63.9 Å². The molecule has 0 fully saturated rings. The molecule has 2 aromatic carbocycles. The van der Waals surface area contributed by atoms with E-state index in [0.717, 1.165) is 10.2 Å². The number of aromatic nitrogens is 4. The lowest BCUT2D eigenvalue weighted by atomic mass is 10.1. The maximum Gasteiger partial charge on any atom is 0.399 e. The quantitative estimate of drug-likeness (QED) is 0.127. The molecule has 0 bridgehead atoms. The molecule has 9 nitrogen and oxygen atoms in total. The summed E-state index contributed by atoms with van der Waals surface area (Å²) in [6.07, 6.45) is -0.311. The zero-order chi connectivity index (χ0) is 28.9. The Morgan fingerprint density at radius 1 is 1.18 bits per heavy atom. The standard InChI is InChI=1S/C23H17ClF5N7O2S2/c24-14-7-12(1-3-15(14)25)10-38-17-8-13(2-4-16(17)35-39-11-23(26,27)28)20-19(21(30)37)22(36(34-20)40-29)33-18-9-31-5-6-32-18/h1-9,35H,10-11H2,(H2,30,37)(H,32,33). The maximum absolute atomic E-state index is 13.8. The van der Waals surface area contributed by atoms with Crippen LogP contribution in [0.3, 0.4) is 0 Å². The van der Waals surface area contributed by atoms with Gasteiger partial charge >= 0.3 is 6.18 Å². The molecule has 2 heterocycles. The first-order valence-electron chi connectivity index (χ1n) is 11.0. The first-order chi connectivity index (χ1) is 19.1. The van der Waals surface area contributed by atoms with Crippen molar-refractivity contribution in [3.05, 3.63) is 77.0 Å². The number of hydrogen-bond donors (Lipinski definition) is 3. The third-order valence-electron chi connectivity index (χ3n) is 5.03. The largest absolute Gasteiger partial charge is 0.487 e. The van der Waals surface area contributed by atoms with E-state index in [4.69, 9.17) is 22.1 Å². The molecule has 0 spiro atoms. The van der Waals surface area contributed by atoms with Crippen LogP contribution in [0.15, 0.2) is 55.0 Å². The van der Waals surface area contributed by atoms with Crippen LogP contribution < -0.4 is 20.5 Å². The number of halogens is 6. The molecule has 210 valence electrons. The van der Waals surface area contributed by atoms with Crippen LogP contribution in [0.25, 0.3) is 11.3 Å². The van der Waals surface area contributed by atoms with Crippen molar-refractivity contribution in [1.29, 1.82) is 0 Å². The van der Waals surface area contributed by atoms with Crippen molar-refractivity contribution >= 4 is 59.1 Å². The van der Waals surface area contributed by atoms with Crippen LogP contribution >= 0.6 is 35.9 Å². The molecular formula is C23H17ClF5N7O2S2. The molecule has 2 aromatic heterocycles. The average Bonchev–Trinajstić information content (AvgIpc) is 3.28. The minimum Gasteiger partial charge on any atom is -0.487 e. The molecule has 4 N–H and O–H groups in total. The zero-order valence-electron chi connectivity index (χ0n) is 19.9. The van der Waals surface area contributed by atoms with Gasteiger partial charge in [-0.2, -0.15) is 22.4 Å². The number of anilines is 3. The molecular weight excluding hydrogens is 601 g/mol. The van der Waals surface area contributed by atoms with Gasteiger partial charge in [0.25, 0.3) is 5.91 Å². The molecule has 0 aliphatic heterocycles. The van der Waals surface area contributed by atoms with Crippen molar-refractivity contribution in [2.75, 3.05) is 15.8 Å².